The molecule has 0 saturated heterocycles. The lowest BCUT2D eigenvalue weighted by Crippen LogP contribution is -2.50. The van der Waals surface area contributed by atoms with E-state index < -0.39 is 0 Å². The molecular weight excluding hydrogens is 368 g/mol. The molecule has 1 N–H and O–H groups in total. The van der Waals surface area contributed by atoms with Gasteiger partial charge in [-0.25, -0.2) is 9.97 Å². The van der Waals surface area contributed by atoms with E-state index in [1.807, 2.05) is 6.20 Å². The third-order valence-electron chi connectivity index (χ3n) is 10.3. The van der Waals surface area contributed by atoms with E-state index in [1.165, 1.54) is 50.6 Å². The fourth-order valence-electron chi connectivity index (χ4n) is 8.66. The van der Waals surface area contributed by atoms with Crippen LogP contribution in [0, 0.1) is 40.4 Å². The van der Waals surface area contributed by atoms with Crippen LogP contribution < -0.4 is 0 Å². The minimum absolute atomic E-state index is 0.0960. The molecule has 0 aromatic carbocycles. The van der Waals surface area contributed by atoms with E-state index in [1.54, 1.807) is 11.9 Å². The van der Waals surface area contributed by atoms with Gasteiger partial charge in [0.05, 0.1) is 6.10 Å². The smallest absolute Gasteiger partial charge is 0.115 e. The Morgan fingerprint density at radius 3 is 2.80 bits per heavy atom. The van der Waals surface area contributed by atoms with Gasteiger partial charge >= 0.3 is 0 Å². The van der Waals surface area contributed by atoms with Gasteiger partial charge in [-0.1, -0.05) is 32.4 Å². The van der Waals surface area contributed by atoms with E-state index in [0.29, 0.717) is 10.8 Å². The largest absolute Gasteiger partial charge is 0.393 e. The molecule has 8 atom stereocenters. The normalized spacial score (nSPS) is 43.9. The number of rotatable bonds is 4. The van der Waals surface area contributed by atoms with Crippen molar-refractivity contribution >= 4 is 0 Å². The molecule has 5 rings (SSSR count). The van der Waals surface area contributed by atoms with Gasteiger partial charge in [0, 0.05) is 11.9 Å². The first-order chi connectivity index (χ1) is 14.4. The second-order valence-electron chi connectivity index (χ2n) is 11.6. The molecule has 3 heteroatoms. The summed E-state index contributed by atoms with van der Waals surface area (Å²) in [6.07, 6.45) is 18.4. The van der Waals surface area contributed by atoms with Gasteiger partial charge in [0.1, 0.15) is 6.33 Å². The highest BCUT2D eigenvalue weighted by Crippen LogP contribution is 2.67. The number of aryl methyl sites for hydroxylation is 1. The fraction of sp³-hybridized carbons (Fsp3) is 0.778. The predicted molar refractivity (Wildman–Crippen MR) is 121 cm³/mol. The molecule has 0 unspecified atom stereocenters. The molecule has 0 bridgehead atoms. The molecule has 30 heavy (non-hydrogen) atoms. The van der Waals surface area contributed by atoms with Crippen molar-refractivity contribution in [2.24, 2.45) is 40.4 Å². The zero-order valence-corrected chi connectivity index (χ0v) is 19.2. The third-order valence-corrected chi connectivity index (χ3v) is 10.3. The van der Waals surface area contributed by atoms with E-state index in [4.69, 9.17) is 0 Å². The van der Waals surface area contributed by atoms with E-state index in [2.05, 4.69) is 42.9 Å². The second-order valence-corrected chi connectivity index (χ2v) is 11.6. The standard InChI is InChI=1S/C27H40N2O/c1-18(4-6-20-12-15-28-17-29-20)23-8-9-24-22-7-5-19-16-21(30)10-13-26(19,2)25(22)11-14-27(23,24)3/h5,12,15,17-18,21-25,30H,4,6-11,13-14,16H2,1-3H3/t18-,21+,22+,23-,24+,25+,26+,27-/m1/s1. The molecule has 0 amide bonds. The summed E-state index contributed by atoms with van der Waals surface area (Å²) in [6, 6.07) is 2.07. The van der Waals surface area contributed by atoms with Crippen LogP contribution in [0.5, 0.6) is 0 Å². The quantitative estimate of drug-likeness (QED) is 0.623. The Hall–Kier alpha value is -1.22. The molecule has 3 nitrogen and oxygen atoms in total. The maximum Gasteiger partial charge on any atom is 0.115 e. The van der Waals surface area contributed by atoms with Crippen molar-refractivity contribution in [1.29, 1.82) is 0 Å². The summed E-state index contributed by atoms with van der Waals surface area (Å²) in [7, 11) is 0. The van der Waals surface area contributed by atoms with Crippen LogP contribution in [0.3, 0.4) is 0 Å². The molecule has 1 heterocycles. The van der Waals surface area contributed by atoms with Gasteiger partial charge in [-0.05, 0) is 111 Å². The number of aliphatic hydroxyl groups excluding tert-OH is 1. The van der Waals surface area contributed by atoms with Crippen molar-refractivity contribution in [1.82, 2.24) is 9.97 Å². The Labute approximate surface area is 182 Å². The van der Waals surface area contributed by atoms with Crippen LogP contribution in [-0.2, 0) is 6.42 Å². The summed E-state index contributed by atoms with van der Waals surface area (Å²) in [5.74, 6) is 4.23. The molecular formula is C27H40N2O. The van der Waals surface area contributed by atoms with Gasteiger partial charge in [0.2, 0.25) is 0 Å². The van der Waals surface area contributed by atoms with Crippen LogP contribution in [0.4, 0.5) is 0 Å². The lowest BCUT2D eigenvalue weighted by atomic mass is 9.47. The molecule has 1 aromatic heterocycles. The number of aliphatic hydroxyl groups is 1. The Morgan fingerprint density at radius 2 is 2.00 bits per heavy atom. The molecule has 0 spiro atoms. The van der Waals surface area contributed by atoms with Crippen LogP contribution in [0.1, 0.15) is 84.3 Å². The van der Waals surface area contributed by atoms with Crippen molar-refractivity contribution in [2.75, 3.05) is 0 Å². The number of hydrogen-bond acceptors (Lipinski definition) is 3. The van der Waals surface area contributed by atoms with E-state index in [-0.39, 0.29) is 6.10 Å². The second kappa shape index (κ2) is 7.73. The molecule has 3 saturated carbocycles. The minimum atomic E-state index is -0.0960. The van der Waals surface area contributed by atoms with Crippen LogP contribution in [-0.4, -0.2) is 21.2 Å². The van der Waals surface area contributed by atoms with E-state index >= 15 is 0 Å². The number of hydrogen-bond donors (Lipinski definition) is 1. The summed E-state index contributed by atoms with van der Waals surface area (Å²) in [4.78, 5) is 8.51. The molecule has 164 valence electrons. The zero-order valence-electron chi connectivity index (χ0n) is 19.2. The third kappa shape index (κ3) is 3.27. The van der Waals surface area contributed by atoms with Crippen molar-refractivity contribution in [2.45, 2.75) is 91.1 Å². The monoisotopic (exact) mass is 408 g/mol. The molecule has 0 radical (unpaired) electrons. The Bertz CT molecular complexity index is 791. The average molecular weight is 409 g/mol. The molecule has 0 aliphatic heterocycles. The average Bonchev–Trinajstić information content (AvgIpc) is 3.10. The van der Waals surface area contributed by atoms with Crippen LogP contribution in [0.2, 0.25) is 0 Å². The summed E-state index contributed by atoms with van der Waals surface area (Å²) in [5.41, 5.74) is 3.67. The molecule has 3 fully saturated rings. The Balaban J connectivity index is 1.31. The van der Waals surface area contributed by atoms with Crippen LogP contribution in [0.25, 0.3) is 0 Å². The maximum absolute atomic E-state index is 10.2. The van der Waals surface area contributed by atoms with Crippen molar-refractivity contribution < 1.29 is 5.11 Å². The zero-order chi connectivity index (χ0) is 20.9. The number of nitrogens with zero attached hydrogens (tertiary/aromatic N) is 2. The van der Waals surface area contributed by atoms with Gasteiger partial charge in [0.15, 0.2) is 0 Å². The number of allylic oxidation sites excluding steroid dienone is 1. The highest BCUT2D eigenvalue weighted by atomic mass is 16.3. The minimum Gasteiger partial charge on any atom is -0.393 e. The van der Waals surface area contributed by atoms with Gasteiger partial charge in [-0.2, -0.15) is 0 Å². The number of fused-ring (bicyclic) bond motifs is 5. The highest BCUT2D eigenvalue weighted by molar-refractivity contribution is 5.25. The summed E-state index contributed by atoms with van der Waals surface area (Å²) in [5, 5.41) is 10.2. The molecule has 4 aliphatic carbocycles. The maximum atomic E-state index is 10.2. The van der Waals surface area contributed by atoms with Crippen molar-refractivity contribution in [3.8, 4) is 0 Å². The van der Waals surface area contributed by atoms with Gasteiger partial charge < -0.3 is 5.11 Å². The summed E-state index contributed by atoms with van der Waals surface area (Å²) in [6.45, 7) is 7.70. The van der Waals surface area contributed by atoms with Crippen LogP contribution >= 0.6 is 0 Å². The topological polar surface area (TPSA) is 46.0 Å². The summed E-state index contributed by atoms with van der Waals surface area (Å²) >= 11 is 0. The lowest BCUT2D eigenvalue weighted by Gasteiger charge is -2.58. The first-order valence-corrected chi connectivity index (χ1v) is 12.5. The van der Waals surface area contributed by atoms with Gasteiger partial charge in [-0.3, -0.25) is 0 Å². The van der Waals surface area contributed by atoms with E-state index in [9.17, 15) is 5.11 Å². The first kappa shape index (κ1) is 20.7. The first-order valence-electron chi connectivity index (χ1n) is 12.5. The lowest BCUT2D eigenvalue weighted by molar-refractivity contribution is -0.0571. The highest BCUT2D eigenvalue weighted by Gasteiger charge is 2.59. The Morgan fingerprint density at radius 1 is 1.13 bits per heavy atom. The summed E-state index contributed by atoms with van der Waals surface area (Å²) < 4.78 is 0. The van der Waals surface area contributed by atoms with Gasteiger partial charge in [-0.15, -0.1) is 0 Å². The van der Waals surface area contributed by atoms with Crippen molar-refractivity contribution in [3.63, 3.8) is 0 Å². The van der Waals surface area contributed by atoms with Crippen molar-refractivity contribution in [3.05, 3.63) is 35.9 Å². The van der Waals surface area contributed by atoms with Crippen LogP contribution in [0.15, 0.2) is 30.2 Å². The van der Waals surface area contributed by atoms with Gasteiger partial charge in [0.25, 0.3) is 0 Å². The van der Waals surface area contributed by atoms with E-state index in [0.717, 1.165) is 48.9 Å². The predicted octanol–water partition coefficient (Wildman–Crippen LogP) is 5.99. The Kier molecular flexibility index (Phi) is 5.32. The fourth-order valence-corrected chi connectivity index (χ4v) is 8.66. The molecule has 4 aliphatic rings. The molecule has 1 aromatic rings. The SMILES string of the molecule is C[C@H](CCc1ccncn1)[C@H]1CC[C@H]2[C@@H]3CC=C4C[C@@H](O)CC[C@]4(C)[C@H]3CC[C@]12C. The number of aromatic nitrogens is 2.